The lowest BCUT2D eigenvalue weighted by Gasteiger charge is -2.19. The molecule has 0 atom stereocenters. The molecule has 3 aromatic rings. The van der Waals surface area contributed by atoms with Gasteiger partial charge in [0.15, 0.2) is 5.82 Å². The van der Waals surface area contributed by atoms with Crippen LogP contribution in [-0.4, -0.2) is 22.0 Å². The molecular weight excluding hydrogens is 300 g/mol. The number of thiophene rings is 1. The van der Waals surface area contributed by atoms with Gasteiger partial charge in [-0.25, -0.2) is 9.97 Å². The second-order valence-corrected chi connectivity index (χ2v) is 6.08. The molecule has 0 radical (unpaired) electrons. The Bertz CT molecular complexity index is 808. The molecule has 4 nitrogen and oxygen atoms in total. The van der Waals surface area contributed by atoms with Crippen molar-refractivity contribution in [1.82, 2.24) is 9.97 Å². The van der Waals surface area contributed by atoms with Crippen LogP contribution in [0.4, 0.5) is 11.5 Å². The van der Waals surface area contributed by atoms with Crippen LogP contribution in [0, 0.1) is 6.92 Å². The molecular formula is C15H14N4S2. The molecule has 0 bridgehead atoms. The van der Waals surface area contributed by atoms with E-state index < -0.39 is 0 Å². The molecule has 1 aromatic carbocycles. The highest BCUT2D eigenvalue weighted by Gasteiger charge is 2.13. The summed E-state index contributed by atoms with van der Waals surface area (Å²) in [6.07, 6.45) is 1.61. The van der Waals surface area contributed by atoms with Crippen molar-refractivity contribution in [3.05, 3.63) is 47.1 Å². The maximum absolute atomic E-state index is 5.63. The van der Waals surface area contributed by atoms with Crippen molar-refractivity contribution in [3.63, 3.8) is 0 Å². The van der Waals surface area contributed by atoms with Gasteiger partial charge in [-0.1, -0.05) is 12.2 Å². The third-order valence-electron chi connectivity index (χ3n) is 3.37. The zero-order valence-electron chi connectivity index (χ0n) is 11.7. The van der Waals surface area contributed by atoms with E-state index >= 15 is 0 Å². The summed E-state index contributed by atoms with van der Waals surface area (Å²) >= 11 is 6.64. The first-order valence-electron chi connectivity index (χ1n) is 6.40. The molecule has 21 heavy (non-hydrogen) atoms. The number of aromatic nitrogens is 2. The molecule has 0 saturated heterocycles. The van der Waals surface area contributed by atoms with Gasteiger partial charge in [-0.2, -0.15) is 0 Å². The Morgan fingerprint density at radius 3 is 2.62 bits per heavy atom. The Hall–Kier alpha value is -2.05. The van der Waals surface area contributed by atoms with Crippen LogP contribution >= 0.6 is 23.6 Å². The Morgan fingerprint density at radius 2 is 1.95 bits per heavy atom. The average molecular weight is 314 g/mol. The first-order valence-corrected chi connectivity index (χ1v) is 7.69. The summed E-state index contributed by atoms with van der Waals surface area (Å²) in [4.78, 5) is 11.2. The fourth-order valence-corrected chi connectivity index (χ4v) is 3.33. The van der Waals surface area contributed by atoms with Crippen LogP contribution in [0.5, 0.6) is 0 Å². The number of nitrogens with two attached hydrogens (primary N) is 1. The van der Waals surface area contributed by atoms with E-state index in [1.807, 2.05) is 36.2 Å². The van der Waals surface area contributed by atoms with Crippen molar-refractivity contribution in [3.8, 4) is 0 Å². The standard InChI is InChI=1S/C15H14N4S2/c1-9-7-21-13-12(9)17-8-18-15(13)19(2)11-5-3-10(4-6-11)14(16)20/h3-8H,1-2H3,(H2,16,20). The second kappa shape index (κ2) is 5.38. The smallest absolute Gasteiger partial charge is 0.154 e. The van der Waals surface area contributed by atoms with Crippen LogP contribution in [0.25, 0.3) is 10.2 Å². The SMILES string of the molecule is Cc1csc2c(N(C)c3ccc(C(N)=S)cc3)ncnc12. The molecule has 0 aliphatic rings. The predicted octanol–water partition coefficient (Wildman–Crippen LogP) is 3.40. The Labute approximate surface area is 132 Å². The Kier molecular flexibility index (Phi) is 3.57. The van der Waals surface area contributed by atoms with Crippen LogP contribution in [0.2, 0.25) is 0 Å². The summed E-state index contributed by atoms with van der Waals surface area (Å²) in [5, 5.41) is 2.10. The van der Waals surface area contributed by atoms with E-state index in [0.29, 0.717) is 4.99 Å². The lowest BCUT2D eigenvalue weighted by Crippen LogP contribution is -2.13. The number of nitrogens with zero attached hydrogens (tertiary/aromatic N) is 3. The normalized spacial score (nSPS) is 10.8. The second-order valence-electron chi connectivity index (χ2n) is 4.76. The maximum atomic E-state index is 5.63. The van der Waals surface area contributed by atoms with Crippen LogP contribution in [0.3, 0.4) is 0 Å². The molecule has 0 fully saturated rings. The molecule has 0 amide bonds. The molecule has 106 valence electrons. The molecule has 2 N–H and O–H groups in total. The van der Waals surface area contributed by atoms with Crippen molar-refractivity contribution in [2.75, 3.05) is 11.9 Å². The van der Waals surface area contributed by atoms with Gasteiger partial charge in [-0.15, -0.1) is 11.3 Å². The number of rotatable bonds is 3. The summed E-state index contributed by atoms with van der Waals surface area (Å²) in [6.45, 7) is 2.06. The van der Waals surface area contributed by atoms with E-state index in [0.717, 1.165) is 27.3 Å². The molecule has 6 heteroatoms. The van der Waals surface area contributed by atoms with Gasteiger partial charge in [0, 0.05) is 18.3 Å². The fraction of sp³-hybridized carbons (Fsp3) is 0.133. The molecule has 0 unspecified atom stereocenters. The average Bonchev–Trinajstić information content (AvgIpc) is 2.88. The minimum atomic E-state index is 0.405. The van der Waals surface area contributed by atoms with E-state index in [4.69, 9.17) is 18.0 Å². The highest BCUT2D eigenvalue weighted by atomic mass is 32.1. The zero-order chi connectivity index (χ0) is 15.0. The fourth-order valence-electron chi connectivity index (χ4n) is 2.17. The van der Waals surface area contributed by atoms with Gasteiger partial charge < -0.3 is 10.6 Å². The summed E-state index contributed by atoms with van der Waals surface area (Å²) < 4.78 is 1.09. The number of thiocarbonyl (C=S) groups is 1. The van der Waals surface area contributed by atoms with Gasteiger partial charge in [0.1, 0.15) is 11.3 Å². The molecule has 0 spiro atoms. The van der Waals surface area contributed by atoms with Gasteiger partial charge in [0.2, 0.25) is 0 Å². The molecule has 0 aliphatic heterocycles. The molecule has 2 aromatic heterocycles. The first kappa shape index (κ1) is 13.9. The highest BCUT2D eigenvalue weighted by Crippen LogP contribution is 2.33. The molecule has 0 aliphatic carbocycles. The first-order chi connectivity index (χ1) is 10.1. The van der Waals surface area contributed by atoms with Crippen LogP contribution in [0.15, 0.2) is 36.0 Å². The monoisotopic (exact) mass is 314 g/mol. The molecule has 2 heterocycles. The number of hydrogen-bond donors (Lipinski definition) is 1. The Balaban J connectivity index is 2.03. The number of fused-ring (bicyclic) bond motifs is 1. The topological polar surface area (TPSA) is 55.0 Å². The summed E-state index contributed by atoms with van der Waals surface area (Å²) in [5.41, 5.74) is 9.71. The van der Waals surface area contributed by atoms with E-state index in [9.17, 15) is 0 Å². The van der Waals surface area contributed by atoms with Crippen LogP contribution in [0.1, 0.15) is 11.1 Å². The van der Waals surface area contributed by atoms with Gasteiger partial charge in [0.05, 0.1) is 10.2 Å². The molecule has 3 rings (SSSR count). The van der Waals surface area contributed by atoms with E-state index in [1.165, 1.54) is 5.56 Å². The number of aryl methyl sites for hydroxylation is 1. The van der Waals surface area contributed by atoms with Crippen molar-refractivity contribution in [1.29, 1.82) is 0 Å². The van der Waals surface area contributed by atoms with E-state index in [2.05, 4.69) is 22.3 Å². The minimum Gasteiger partial charge on any atom is -0.389 e. The molecule has 0 saturated carbocycles. The van der Waals surface area contributed by atoms with Gasteiger partial charge >= 0.3 is 0 Å². The largest absolute Gasteiger partial charge is 0.389 e. The van der Waals surface area contributed by atoms with Gasteiger partial charge in [-0.3, -0.25) is 0 Å². The minimum absolute atomic E-state index is 0.405. The van der Waals surface area contributed by atoms with E-state index in [-0.39, 0.29) is 0 Å². The third kappa shape index (κ3) is 2.48. The summed E-state index contributed by atoms with van der Waals surface area (Å²) in [7, 11) is 1.99. The van der Waals surface area contributed by atoms with Gasteiger partial charge in [-0.05, 0) is 42.1 Å². The number of benzene rings is 1. The lowest BCUT2D eigenvalue weighted by atomic mass is 10.2. The van der Waals surface area contributed by atoms with Crippen molar-refractivity contribution in [2.24, 2.45) is 5.73 Å². The maximum Gasteiger partial charge on any atom is 0.154 e. The van der Waals surface area contributed by atoms with Gasteiger partial charge in [0.25, 0.3) is 0 Å². The quantitative estimate of drug-likeness (QED) is 0.751. The van der Waals surface area contributed by atoms with E-state index in [1.54, 1.807) is 17.7 Å². The van der Waals surface area contributed by atoms with Crippen molar-refractivity contribution < 1.29 is 0 Å². The zero-order valence-corrected chi connectivity index (χ0v) is 13.3. The van der Waals surface area contributed by atoms with Crippen molar-refractivity contribution >= 4 is 50.3 Å². The summed E-state index contributed by atoms with van der Waals surface area (Å²) in [5.74, 6) is 0.904. The lowest BCUT2D eigenvalue weighted by molar-refractivity contribution is 1.11. The van der Waals surface area contributed by atoms with Crippen LogP contribution in [-0.2, 0) is 0 Å². The summed E-state index contributed by atoms with van der Waals surface area (Å²) in [6, 6.07) is 7.82. The predicted molar refractivity (Wildman–Crippen MR) is 92.5 cm³/mol. The highest BCUT2D eigenvalue weighted by molar-refractivity contribution is 7.80. The third-order valence-corrected chi connectivity index (χ3v) is 4.69. The van der Waals surface area contributed by atoms with Crippen molar-refractivity contribution in [2.45, 2.75) is 6.92 Å². The number of anilines is 2. The number of hydrogen-bond acceptors (Lipinski definition) is 5. The van der Waals surface area contributed by atoms with Crippen LogP contribution < -0.4 is 10.6 Å². The Morgan fingerprint density at radius 1 is 1.24 bits per heavy atom.